The topological polar surface area (TPSA) is 69.6 Å². The number of aliphatic hydroxyl groups excluding tert-OH is 1. The normalized spacial score (nSPS) is 9.42. The van der Waals surface area contributed by atoms with Crippen LogP contribution in [0.5, 0.6) is 0 Å². The van der Waals surface area contributed by atoms with Gasteiger partial charge in [0.2, 0.25) is 5.91 Å². The summed E-state index contributed by atoms with van der Waals surface area (Å²) in [4.78, 5) is 25.7. The Morgan fingerprint density at radius 3 is 2.84 bits per heavy atom. The van der Waals surface area contributed by atoms with E-state index in [1.54, 1.807) is 11.4 Å². The molecule has 0 atom stereocenters. The number of hydrogen-bond donors (Lipinski definition) is 2. The van der Waals surface area contributed by atoms with E-state index in [0.717, 1.165) is 0 Å². The van der Waals surface area contributed by atoms with E-state index in [4.69, 9.17) is 5.11 Å². The molecule has 1 aromatic rings. The number of likely N-dealkylation sites (N-methyl/N-ethyl adjacent to an activating group) is 2. The molecule has 0 fully saturated rings. The third-order valence-corrected chi connectivity index (χ3v) is 3.26. The second-order valence-corrected chi connectivity index (χ2v) is 4.56. The van der Waals surface area contributed by atoms with Gasteiger partial charge in [0.15, 0.2) is 0 Å². The fourth-order valence-corrected chi connectivity index (χ4v) is 2.15. The first kappa shape index (κ1) is 15.2. The number of nitrogens with one attached hydrogen (secondary N) is 1. The van der Waals surface area contributed by atoms with Gasteiger partial charge in [-0.3, -0.25) is 9.59 Å². The molecule has 0 saturated carbocycles. The Hall–Kier alpha value is -1.84. The van der Waals surface area contributed by atoms with Crippen molar-refractivity contribution in [3.05, 3.63) is 21.9 Å². The van der Waals surface area contributed by atoms with E-state index < -0.39 is 0 Å². The smallest absolute Gasteiger partial charge is 0.255 e. The monoisotopic (exact) mass is 280 g/mol. The maximum Gasteiger partial charge on any atom is 0.255 e. The summed E-state index contributed by atoms with van der Waals surface area (Å²) in [5.41, 5.74) is 0.512. The van der Waals surface area contributed by atoms with Gasteiger partial charge < -0.3 is 15.3 Å². The van der Waals surface area contributed by atoms with E-state index in [1.165, 1.54) is 23.3 Å². The summed E-state index contributed by atoms with van der Waals surface area (Å²) < 4.78 is 0. The fourth-order valence-electron chi connectivity index (χ4n) is 1.40. The van der Waals surface area contributed by atoms with Crippen molar-refractivity contribution < 1.29 is 14.7 Å². The molecular formula is C13H16N2O3S. The minimum Gasteiger partial charge on any atom is -0.384 e. The minimum atomic E-state index is -0.209. The summed E-state index contributed by atoms with van der Waals surface area (Å²) in [6.45, 7) is 2.11. The van der Waals surface area contributed by atoms with Gasteiger partial charge in [-0.15, -0.1) is 11.3 Å². The number of thiophene rings is 1. The third-order valence-electron chi connectivity index (χ3n) is 2.42. The number of aliphatic hydroxyl groups is 1. The summed E-state index contributed by atoms with van der Waals surface area (Å²) in [6.07, 6.45) is 0. The quantitative estimate of drug-likeness (QED) is 0.779. The van der Waals surface area contributed by atoms with Gasteiger partial charge in [0, 0.05) is 19.0 Å². The summed E-state index contributed by atoms with van der Waals surface area (Å²) in [5, 5.41) is 12.8. The van der Waals surface area contributed by atoms with Gasteiger partial charge in [0.05, 0.1) is 17.0 Å². The van der Waals surface area contributed by atoms with Crippen molar-refractivity contribution in [1.82, 2.24) is 10.2 Å². The Bertz CT molecular complexity index is 513. The Balaban J connectivity index is 2.80. The second kappa shape index (κ2) is 7.56. The van der Waals surface area contributed by atoms with Crippen molar-refractivity contribution in [2.24, 2.45) is 0 Å². The van der Waals surface area contributed by atoms with Gasteiger partial charge in [0.25, 0.3) is 5.91 Å². The number of amides is 2. The predicted molar refractivity (Wildman–Crippen MR) is 73.9 cm³/mol. The maximum absolute atomic E-state index is 12.2. The molecule has 1 heterocycles. The van der Waals surface area contributed by atoms with Gasteiger partial charge in [-0.1, -0.05) is 11.8 Å². The van der Waals surface area contributed by atoms with Crippen molar-refractivity contribution in [3.8, 4) is 11.8 Å². The molecule has 0 spiro atoms. The molecule has 0 aromatic carbocycles. The molecule has 19 heavy (non-hydrogen) atoms. The van der Waals surface area contributed by atoms with Gasteiger partial charge in [0.1, 0.15) is 6.61 Å². The first-order valence-corrected chi connectivity index (χ1v) is 6.68. The molecule has 0 unspecified atom stereocenters. The van der Waals surface area contributed by atoms with E-state index in [2.05, 4.69) is 17.2 Å². The van der Waals surface area contributed by atoms with Gasteiger partial charge in [-0.25, -0.2) is 0 Å². The Kier molecular flexibility index (Phi) is 6.06. The van der Waals surface area contributed by atoms with Crippen molar-refractivity contribution >= 4 is 23.2 Å². The first-order chi connectivity index (χ1) is 9.12. The molecule has 0 saturated heterocycles. The van der Waals surface area contributed by atoms with Crippen molar-refractivity contribution in [1.29, 1.82) is 0 Å². The fraction of sp³-hybridized carbons (Fsp3) is 0.385. The van der Waals surface area contributed by atoms with E-state index in [-0.39, 0.29) is 25.0 Å². The molecular weight excluding hydrogens is 264 g/mol. The van der Waals surface area contributed by atoms with Crippen LogP contribution in [0, 0.1) is 11.8 Å². The predicted octanol–water partition coefficient (Wildman–Crippen LogP) is 0.300. The highest BCUT2D eigenvalue weighted by molar-refractivity contribution is 7.10. The average molecular weight is 280 g/mol. The van der Waals surface area contributed by atoms with Crippen molar-refractivity contribution in [2.45, 2.75) is 6.92 Å². The molecule has 5 nitrogen and oxygen atoms in total. The Morgan fingerprint density at radius 2 is 2.26 bits per heavy atom. The number of rotatable bonds is 4. The lowest BCUT2D eigenvalue weighted by Gasteiger charge is -2.19. The number of carbonyl (C=O) groups is 2. The van der Waals surface area contributed by atoms with Crippen LogP contribution in [-0.4, -0.2) is 48.6 Å². The highest BCUT2D eigenvalue weighted by Gasteiger charge is 2.17. The van der Waals surface area contributed by atoms with E-state index in [0.29, 0.717) is 17.0 Å². The maximum atomic E-state index is 12.2. The number of nitrogens with zero attached hydrogens (tertiary/aromatic N) is 1. The van der Waals surface area contributed by atoms with Gasteiger partial charge in [-0.05, 0) is 13.0 Å². The zero-order valence-corrected chi connectivity index (χ0v) is 11.7. The molecule has 2 N–H and O–H groups in total. The second-order valence-electron chi connectivity index (χ2n) is 3.65. The van der Waals surface area contributed by atoms with Crippen LogP contribution in [0.4, 0.5) is 0 Å². The molecule has 6 heteroatoms. The van der Waals surface area contributed by atoms with Crippen molar-refractivity contribution in [3.63, 3.8) is 0 Å². The highest BCUT2D eigenvalue weighted by atomic mass is 32.1. The lowest BCUT2D eigenvalue weighted by Crippen LogP contribution is -2.39. The zero-order chi connectivity index (χ0) is 14.3. The molecule has 0 aliphatic rings. The summed E-state index contributed by atoms with van der Waals surface area (Å²) >= 11 is 1.34. The molecule has 0 radical (unpaired) electrons. The molecule has 1 aromatic heterocycles. The van der Waals surface area contributed by atoms with Crippen LogP contribution >= 0.6 is 11.3 Å². The number of hydrogen-bond acceptors (Lipinski definition) is 4. The summed E-state index contributed by atoms with van der Waals surface area (Å²) in [5.74, 6) is 4.88. The van der Waals surface area contributed by atoms with Crippen LogP contribution in [0.25, 0.3) is 0 Å². The largest absolute Gasteiger partial charge is 0.384 e. The minimum absolute atomic E-state index is 0.0410. The van der Waals surface area contributed by atoms with Crippen LogP contribution in [-0.2, 0) is 4.79 Å². The number of carbonyl (C=O) groups excluding carboxylic acids is 2. The van der Waals surface area contributed by atoms with Crippen LogP contribution in [0.15, 0.2) is 11.4 Å². The molecule has 0 aliphatic heterocycles. The zero-order valence-electron chi connectivity index (χ0n) is 10.9. The van der Waals surface area contributed by atoms with E-state index in [9.17, 15) is 9.59 Å². The molecule has 2 amide bonds. The lowest BCUT2D eigenvalue weighted by molar-refractivity contribution is -0.121. The van der Waals surface area contributed by atoms with Crippen LogP contribution in [0.2, 0.25) is 0 Å². The van der Waals surface area contributed by atoms with Gasteiger partial charge in [-0.2, -0.15) is 0 Å². The van der Waals surface area contributed by atoms with E-state index >= 15 is 0 Å². The summed E-state index contributed by atoms with van der Waals surface area (Å²) in [7, 11) is 1.54. The summed E-state index contributed by atoms with van der Waals surface area (Å²) in [6, 6.07) is 1.67. The van der Waals surface area contributed by atoms with Crippen LogP contribution in [0.1, 0.15) is 22.2 Å². The molecule has 102 valence electrons. The Morgan fingerprint density at radius 1 is 1.53 bits per heavy atom. The Labute approximate surface area is 116 Å². The van der Waals surface area contributed by atoms with Gasteiger partial charge >= 0.3 is 0 Å². The third kappa shape index (κ3) is 4.39. The molecule has 1 rings (SSSR count). The van der Waals surface area contributed by atoms with Crippen LogP contribution < -0.4 is 5.32 Å². The first-order valence-electron chi connectivity index (χ1n) is 5.80. The average Bonchev–Trinajstić information content (AvgIpc) is 2.90. The van der Waals surface area contributed by atoms with Crippen LogP contribution in [0.3, 0.4) is 0 Å². The SMILES string of the molecule is CCN(CC(=O)NC)C(=O)c1csc(C#CCO)c1. The highest BCUT2D eigenvalue weighted by Crippen LogP contribution is 2.15. The molecule has 0 bridgehead atoms. The molecule has 0 aliphatic carbocycles. The lowest BCUT2D eigenvalue weighted by atomic mass is 10.2. The standard InChI is InChI=1S/C13H16N2O3S/c1-3-15(8-12(17)14-2)13(18)10-7-11(19-9-10)5-4-6-16/h7,9,16H,3,6,8H2,1-2H3,(H,14,17). The van der Waals surface area contributed by atoms with Crippen molar-refractivity contribution in [2.75, 3.05) is 26.7 Å². The van der Waals surface area contributed by atoms with E-state index in [1.807, 2.05) is 6.92 Å².